The molecule has 1 N–H and O–H groups in total. The highest BCUT2D eigenvalue weighted by atomic mass is 32.1. The number of fused-ring (bicyclic) bond motifs is 2. The van der Waals surface area contributed by atoms with Crippen LogP contribution in [0.25, 0.3) is 11.5 Å². The maximum atomic E-state index is 12.9. The number of carbonyl (C=O) groups excluding carboxylic acids is 1. The molecule has 28 heavy (non-hydrogen) atoms. The number of aryl methyl sites for hydroxylation is 3. The van der Waals surface area contributed by atoms with Crippen molar-refractivity contribution in [2.24, 2.45) is 0 Å². The normalized spacial score (nSPS) is 19.0. The third-order valence-corrected chi connectivity index (χ3v) is 7.60. The minimum absolute atomic E-state index is 0.0948. The van der Waals surface area contributed by atoms with Crippen molar-refractivity contribution in [1.29, 1.82) is 0 Å². The van der Waals surface area contributed by atoms with Crippen LogP contribution >= 0.6 is 22.7 Å². The van der Waals surface area contributed by atoms with E-state index in [0.29, 0.717) is 0 Å². The molecule has 0 aromatic carbocycles. The number of hydrogen-bond donors (Lipinski definition) is 1. The van der Waals surface area contributed by atoms with Gasteiger partial charge in [-0.3, -0.25) is 4.79 Å². The molecule has 0 fully saturated rings. The maximum Gasteiger partial charge on any atom is 0.252 e. The van der Waals surface area contributed by atoms with E-state index >= 15 is 0 Å². The Hall–Kier alpha value is -2.06. The Morgan fingerprint density at radius 1 is 1.14 bits per heavy atom. The number of thiophene rings is 1. The zero-order valence-electron chi connectivity index (χ0n) is 15.9. The standard InChI is InChI=1S/C20H23N5OS2/c1-12-21-16(11-27-12)19-24-23-18-7-6-13(8-9-25(18)19)22-20(26)15-10-28-17-5-3-2-4-14(15)17/h10-11,13H,2-9H2,1H3,(H,22,26). The molecule has 0 saturated heterocycles. The number of thiazole rings is 1. The van der Waals surface area contributed by atoms with E-state index in [1.807, 2.05) is 12.3 Å². The molecule has 1 amide bonds. The average molecular weight is 414 g/mol. The fourth-order valence-electron chi connectivity index (χ4n) is 4.24. The highest BCUT2D eigenvalue weighted by Gasteiger charge is 2.25. The van der Waals surface area contributed by atoms with Crippen molar-refractivity contribution in [2.45, 2.75) is 64.5 Å². The molecule has 1 atom stereocenters. The summed E-state index contributed by atoms with van der Waals surface area (Å²) in [7, 11) is 0. The summed E-state index contributed by atoms with van der Waals surface area (Å²) < 4.78 is 2.17. The zero-order chi connectivity index (χ0) is 19.1. The summed E-state index contributed by atoms with van der Waals surface area (Å²) in [6.07, 6.45) is 7.22. The van der Waals surface area contributed by atoms with E-state index in [-0.39, 0.29) is 11.9 Å². The predicted octanol–water partition coefficient (Wildman–Crippen LogP) is 3.79. The first kappa shape index (κ1) is 18.0. The van der Waals surface area contributed by atoms with Crippen molar-refractivity contribution in [3.05, 3.63) is 37.6 Å². The van der Waals surface area contributed by atoms with Gasteiger partial charge in [-0.2, -0.15) is 0 Å². The van der Waals surface area contributed by atoms with Crippen molar-refractivity contribution in [1.82, 2.24) is 25.1 Å². The van der Waals surface area contributed by atoms with E-state index in [9.17, 15) is 4.79 Å². The van der Waals surface area contributed by atoms with Gasteiger partial charge in [0, 0.05) is 34.6 Å². The van der Waals surface area contributed by atoms with Crippen LogP contribution in [0.5, 0.6) is 0 Å². The summed E-state index contributed by atoms with van der Waals surface area (Å²) >= 11 is 3.38. The molecule has 1 aliphatic heterocycles. The maximum absolute atomic E-state index is 12.9. The van der Waals surface area contributed by atoms with Crippen LogP contribution in [-0.2, 0) is 25.8 Å². The molecule has 1 aliphatic carbocycles. The van der Waals surface area contributed by atoms with Crippen LogP contribution in [0.15, 0.2) is 10.8 Å². The van der Waals surface area contributed by atoms with Crippen LogP contribution in [-0.4, -0.2) is 31.7 Å². The van der Waals surface area contributed by atoms with Gasteiger partial charge < -0.3 is 9.88 Å². The van der Waals surface area contributed by atoms with Gasteiger partial charge in [-0.15, -0.1) is 32.9 Å². The van der Waals surface area contributed by atoms with Gasteiger partial charge in [0.15, 0.2) is 5.82 Å². The van der Waals surface area contributed by atoms with E-state index in [2.05, 4.69) is 30.4 Å². The summed E-state index contributed by atoms with van der Waals surface area (Å²) in [6, 6.07) is 0.165. The third kappa shape index (κ3) is 3.28. The number of hydrogen-bond acceptors (Lipinski definition) is 6. The topological polar surface area (TPSA) is 72.7 Å². The molecule has 0 saturated carbocycles. The smallest absolute Gasteiger partial charge is 0.252 e. The molecule has 3 aromatic heterocycles. The van der Waals surface area contributed by atoms with Crippen molar-refractivity contribution in [3.63, 3.8) is 0 Å². The lowest BCUT2D eigenvalue weighted by molar-refractivity contribution is 0.0932. The Morgan fingerprint density at radius 3 is 2.89 bits per heavy atom. The molecule has 0 bridgehead atoms. The lowest BCUT2D eigenvalue weighted by atomic mass is 9.95. The highest BCUT2D eigenvalue weighted by molar-refractivity contribution is 7.10. The van der Waals surface area contributed by atoms with E-state index in [0.717, 1.165) is 66.6 Å². The SMILES string of the molecule is Cc1nc(-c2nnc3n2CCC(NC(=O)c2csc4c2CCCC4)CC3)cs1. The molecule has 8 heteroatoms. The first-order valence-corrected chi connectivity index (χ1v) is 11.7. The zero-order valence-corrected chi connectivity index (χ0v) is 17.5. The number of nitrogens with one attached hydrogen (secondary N) is 1. The van der Waals surface area contributed by atoms with E-state index in [4.69, 9.17) is 0 Å². The first-order chi connectivity index (χ1) is 13.7. The number of amides is 1. The molecule has 6 nitrogen and oxygen atoms in total. The van der Waals surface area contributed by atoms with Gasteiger partial charge in [0.1, 0.15) is 11.5 Å². The van der Waals surface area contributed by atoms with E-state index in [1.54, 1.807) is 22.7 Å². The number of nitrogens with zero attached hydrogens (tertiary/aromatic N) is 4. The van der Waals surface area contributed by atoms with Crippen LogP contribution in [0.3, 0.4) is 0 Å². The molecule has 4 heterocycles. The first-order valence-electron chi connectivity index (χ1n) is 9.93. The second kappa shape index (κ2) is 7.40. The van der Waals surface area contributed by atoms with Gasteiger partial charge in [-0.25, -0.2) is 4.98 Å². The highest BCUT2D eigenvalue weighted by Crippen LogP contribution is 2.30. The Kier molecular flexibility index (Phi) is 4.76. The lowest BCUT2D eigenvalue weighted by Gasteiger charge is -2.17. The van der Waals surface area contributed by atoms with Gasteiger partial charge in [0.25, 0.3) is 5.91 Å². The molecule has 1 unspecified atom stereocenters. The molecule has 0 radical (unpaired) electrons. The van der Waals surface area contributed by atoms with Gasteiger partial charge >= 0.3 is 0 Å². The average Bonchev–Trinajstić information content (AvgIpc) is 3.39. The van der Waals surface area contributed by atoms with Crippen LogP contribution < -0.4 is 5.32 Å². The van der Waals surface area contributed by atoms with Crippen LogP contribution in [0.2, 0.25) is 0 Å². The molecule has 5 rings (SSSR count). The van der Waals surface area contributed by atoms with Crippen molar-refractivity contribution >= 4 is 28.6 Å². The van der Waals surface area contributed by atoms with Gasteiger partial charge in [0.05, 0.1) is 10.6 Å². The van der Waals surface area contributed by atoms with Gasteiger partial charge in [0.2, 0.25) is 0 Å². The van der Waals surface area contributed by atoms with Crippen molar-refractivity contribution in [3.8, 4) is 11.5 Å². The van der Waals surface area contributed by atoms with Gasteiger partial charge in [-0.05, 0) is 51.0 Å². The molecule has 0 spiro atoms. The Balaban J connectivity index is 1.29. The molecule has 146 valence electrons. The summed E-state index contributed by atoms with van der Waals surface area (Å²) in [4.78, 5) is 18.9. The lowest BCUT2D eigenvalue weighted by Crippen LogP contribution is -2.35. The molecular weight excluding hydrogens is 390 g/mol. The van der Waals surface area contributed by atoms with Crippen LogP contribution in [0, 0.1) is 6.92 Å². The van der Waals surface area contributed by atoms with Gasteiger partial charge in [-0.1, -0.05) is 0 Å². The Morgan fingerprint density at radius 2 is 2.04 bits per heavy atom. The number of aromatic nitrogens is 4. The minimum Gasteiger partial charge on any atom is -0.349 e. The quantitative estimate of drug-likeness (QED) is 0.709. The van der Waals surface area contributed by atoms with Crippen LogP contribution in [0.4, 0.5) is 0 Å². The Labute approximate surface area is 172 Å². The monoisotopic (exact) mass is 413 g/mol. The van der Waals surface area contributed by atoms with Crippen LogP contribution in [0.1, 0.15) is 57.3 Å². The van der Waals surface area contributed by atoms with Crippen molar-refractivity contribution < 1.29 is 4.79 Å². The summed E-state index contributed by atoms with van der Waals surface area (Å²) in [5.41, 5.74) is 3.09. The number of rotatable bonds is 3. The van der Waals surface area contributed by atoms with E-state index in [1.165, 1.54) is 23.3 Å². The summed E-state index contributed by atoms with van der Waals surface area (Å²) in [5, 5.41) is 17.2. The second-order valence-corrected chi connectivity index (χ2v) is 9.63. The largest absolute Gasteiger partial charge is 0.349 e. The number of carbonyl (C=O) groups is 1. The summed E-state index contributed by atoms with van der Waals surface area (Å²) in [5.74, 6) is 1.93. The Bertz CT molecular complexity index is 1020. The minimum atomic E-state index is 0.0948. The molecule has 3 aromatic rings. The fourth-order valence-corrected chi connectivity index (χ4v) is 5.95. The third-order valence-electron chi connectivity index (χ3n) is 5.73. The van der Waals surface area contributed by atoms with E-state index < -0.39 is 0 Å². The molecule has 2 aliphatic rings. The predicted molar refractivity (Wildman–Crippen MR) is 111 cm³/mol. The second-order valence-electron chi connectivity index (χ2n) is 7.60. The molecular formula is C20H23N5OS2. The summed E-state index contributed by atoms with van der Waals surface area (Å²) in [6.45, 7) is 2.81. The van der Waals surface area contributed by atoms with Crippen molar-refractivity contribution in [2.75, 3.05) is 0 Å². The fraction of sp³-hybridized carbons (Fsp3) is 0.500.